The van der Waals surface area contributed by atoms with Gasteiger partial charge in [0.05, 0.1) is 69.8 Å². The average Bonchev–Trinajstić information content (AvgIpc) is 3.19. The van der Waals surface area contributed by atoms with Crippen LogP contribution >= 0.6 is 0 Å². The van der Waals surface area contributed by atoms with E-state index < -0.39 is 5.97 Å². The number of rotatable bonds is 18. The molecule has 4 rings (SSSR count). The highest BCUT2D eigenvalue weighted by Gasteiger charge is 2.15. The van der Waals surface area contributed by atoms with Gasteiger partial charge in [0.15, 0.2) is 11.5 Å². The number of azo groups is 1. The van der Waals surface area contributed by atoms with Gasteiger partial charge in [-0.05, 0) is 86.5 Å². The van der Waals surface area contributed by atoms with E-state index in [0.29, 0.717) is 99.2 Å². The maximum absolute atomic E-state index is 13.0. The van der Waals surface area contributed by atoms with Crippen LogP contribution in [0.4, 0.5) is 11.4 Å². The molecule has 0 atom stereocenters. The van der Waals surface area contributed by atoms with Crippen molar-refractivity contribution in [1.82, 2.24) is 0 Å². The summed E-state index contributed by atoms with van der Waals surface area (Å²) in [5.74, 6) is 1.25. The Kier molecular flexibility index (Phi) is 19.6. The quantitative estimate of drug-likeness (QED) is 0.0408. The van der Waals surface area contributed by atoms with Crippen LogP contribution in [0.25, 0.3) is 0 Å². The molecule has 292 valence electrons. The van der Waals surface area contributed by atoms with E-state index in [2.05, 4.69) is 16.8 Å². The fourth-order valence-electron chi connectivity index (χ4n) is 5.22. The van der Waals surface area contributed by atoms with Crippen molar-refractivity contribution in [2.75, 3.05) is 66.1 Å². The first-order valence-corrected chi connectivity index (χ1v) is 18.9. The molecule has 12 heteroatoms. The Morgan fingerprint density at radius 1 is 0.593 bits per heavy atom. The van der Waals surface area contributed by atoms with Crippen molar-refractivity contribution in [3.8, 4) is 23.0 Å². The second-order valence-corrected chi connectivity index (χ2v) is 12.7. The minimum Gasteiger partial charge on any atom is -0.494 e. The van der Waals surface area contributed by atoms with Gasteiger partial charge in [-0.3, -0.25) is 0 Å². The summed E-state index contributed by atoms with van der Waals surface area (Å²) in [5.41, 5.74) is 2.07. The standard InChI is InChI=1S/C42H54N2O10/c1-33(2)41(45)53-23-11-9-7-5-3-4-6-8-10-22-50-37-17-13-35(14-18-37)43-44-36-15-19-38(20-16-36)54-42(46)34-12-21-39-40(32-34)52-31-29-49-27-25-47-24-26-48-28-30-51-39/h12-21,32H,1,3-11,22-31H2,2H3. The zero-order valence-corrected chi connectivity index (χ0v) is 31.5. The van der Waals surface area contributed by atoms with E-state index in [1.54, 1.807) is 49.4 Å². The predicted octanol–water partition coefficient (Wildman–Crippen LogP) is 9.15. The molecule has 0 unspecified atom stereocenters. The Morgan fingerprint density at radius 2 is 1.07 bits per heavy atom. The van der Waals surface area contributed by atoms with Gasteiger partial charge in [-0.1, -0.05) is 51.5 Å². The number of nitrogens with zero attached hydrogens (tertiary/aromatic N) is 2. The molecule has 12 nitrogen and oxygen atoms in total. The number of hydrogen-bond donors (Lipinski definition) is 0. The van der Waals surface area contributed by atoms with E-state index in [4.69, 9.17) is 37.9 Å². The van der Waals surface area contributed by atoms with E-state index in [1.165, 1.54) is 32.1 Å². The van der Waals surface area contributed by atoms with Gasteiger partial charge < -0.3 is 37.9 Å². The van der Waals surface area contributed by atoms with Gasteiger partial charge in [0.1, 0.15) is 24.7 Å². The normalized spacial score (nSPS) is 14.1. The third-order valence-corrected chi connectivity index (χ3v) is 8.20. The number of ether oxygens (including phenoxy) is 8. The number of esters is 2. The lowest BCUT2D eigenvalue weighted by Gasteiger charge is -2.14. The summed E-state index contributed by atoms with van der Waals surface area (Å²) in [5, 5.41) is 8.62. The monoisotopic (exact) mass is 746 g/mol. The van der Waals surface area contributed by atoms with Gasteiger partial charge in [0.2, 0.25) is 0 Å². The number of unbranched alkanes of at least 4 members (excludes halogenated alkanes) is 8. The van der Waals surface area contributed by atoms with Crippen molar-refractivity contribution in [3.05, 3.63) is 84.4 Å². The summed E-state index contributed by atoms with van der Waals surface area (Å²) in [6, 6.07) is 19.2. The van der Waals surface area contributed by atoms with Crippen LogP contribution in [-0.4, -0.2) is 78.0 Å². The molecule has 3 aromatic carbocycles. The molecule has 0 fully saturated rings. The molecule has 3 aromatic rings. The molecule has 0 saturated carbocycles. The second-order valence-electron chi connectivity index (χ2n) is 12.7. The molecule has 0 N–H and O–H groups in total. The van der Waals surface area contributed by atoms with Crippen LogP contribution < -0.4 is 18.9 Å². The lowest BCUT2D eigenvalue weighted by molar-refractivity contribution is -0.139. The highest BCUT2D eigenvalue weighted by atomic mass is 16.6. The fourth-order valence-corrected chi connectivity index (χ4v) is 5.22. The smallest absolute Gasteiger partial charge is 0.343 e. The first-order chi connectivity index (χ1) is 26.5. The average molecular weight is 747 g/mol. The van der Waals surface area contributed by atoms with Crippen LogP contribution in [0.2, 0.25) is 0 Å². The van der Waals surface area contributed by atoms with Crippen LogP contribution in [-0.2, 0) is 23.7 Å². The maximum Gasteiger partial charge on any atom is 0.343 e. The SMILES string of the molecule is C=C(C)C(=O)OCCCCCCCCCCCOc1ccc(N=Nc2ccc(OC(=O)c3ccc4c(c3)OCCOCCOCCOCCO4)cc2)cc1. The summed E-state index contributed by atoms with van der Waals surface area (Å²) in [4.78, 5) is 24.3. The van der Waals surface area contributed by atoms with Crippen LogP contribution in [0, 0.1) is 0 Å². The van der Waals surface area contributed by atoms with Crippen molar-refractivity contribution in [3.63, 3.8) is 0 Å². The number of carbonyl (C=O) groups excluding carboxylic acids is 2. The molecule has 0 spiro atoms. The van der Waals surface area contributed by atoms with Crippen molar-refractivity contribution < 1.29 is 47.5 Å². The molecule has 1 aliphatic rings. The van der Waals surface area contributed by atoms with Crippen molar-refractivity contribution >= 4 is 23.3 Å². The Labute approximate surface area is 318 Å². The molecular formula is C42H54N2O10. The number of fused-ring (bicyclic) bond motifs is 1. The Morgan fingerprint density at radius 3 is 1.63 bits per heavy atom. The number of benzene rings is 3. The number of carbonyl (C=O) groups is 2. The lowest BCUT2D eigenvalue weighted by atomic mass is 10.1. The van der Waals surface area contributed by atoms with Gasteiger partial charge in [-0.2, -0.15) is 10.2 Å². The Balaban J connectivity index is 1.11. The van der Waals surface area contributed by atoms with Gasteiger partial charge >= 0.3 is 11.9 Å². The van der Waals surface area contributed by atoms with Crippen molar-refractivity contribution in [2.24, 2.45) is 10.2 Å². The predicted molar refractivity (Wildman–Crippen MR) is 205 cm³/mol. The third kappa shape index (κ3) is 16.9. The van der Waals surface area contributed by atoms with E-state index in [0.717, 1.165) is 31.4 Å². The van der Waals surface area contributed by atoms with Gasteiger partial charge in [0, 0.05) is 5.57 Å². The molecule has 0 radical (unpaired) electrons. The summed E-state index contributed by atoms with van der Waals surface area (Å²) >= 11 is 0. The zero-order valence-electron chi connectivity index (χ0n) is 31.5. The van der Waals surface area contributed by atoms with Crippen molar-refractivity contribution in [1.29, 1.82) is 0 Å². The molecule has 0 aliphatic carbocycles. The van der Waals surface area contributed by atoms with E-state index in [1.807, 2.05) is 24.3 Å². The molecule has 54 heavy (non-hydrogen) atoms. The minimum atomic E-state index is -0.536. The van der Waals surface area contributed by atoms with E-state index >= 15 is 0 Å². The summed E-state index contributed by atoms with van der Waals surface area (Å²) in [6.45, 7) is 9.66. The lowest BCUT2D eigenvalue weighted by Crippen LogP contribution is -2.13. The highest BCUT2D eigenvalue weighted by Crippen LogP contribution is 2.30. The minimum absolute atomic E-state index is 0.281. The van der Waals surface area contributed by atoms with Crippen molar-refractivity contribution in [2.45, 2.75) is 64.7 Å². The summed E-state index contributed by atoms with van der Waals surface area (Å²) < 4.78 is 44.8. The largest absolute Gasteiger partial charge is 0.494 e. The summed E-state index contributed by atoms with van der Waals surface area (Å²) in [7, 11) is 0. The van der Waals surface area contributed by atoms with Gasteiger partial charge in [0.25, 0.3) is 0 Å². The van der Waals surface area contributed by atoms with Crippen LogP contribution in [0.15, 0.2) is 89.1 Å². The van der Waals surface area contributed by atoms with E-state index in [9.17, 15) is 9.59 Å². The van der Waals surface area contributed by atoms with Crippen LogP contribution in [0.5, 0.6) is 23.0 Å². The third-order valence-electron chi connectivity index (χ3n) is 8.20. The maximum atomic E-state index is 13.0. The van der Waals surface area contributed by atoms with E-state index in [-0.39, 0.29) is 12.6 Å². The Bertz CT molecular complexity index is 1580. The second kappa shape index (κ2) is 25.3. The fraction of sp³-hybridized carbons (Fsp3) is 0.476. The first kappa shape index (κ1) is 42.0. The van der Waals surface area contributed by atoms with Gasteiger partial charge in [-0.15, -0.1) is 0 Å². The van der Waals surface area contributed by atoms with Crippen LogP contribution in [0.1, 0.15) is 75.1 Å². The molecule has 0 amide bonds. The molecule has 1 aliphatic heterocycles. The van der Waals surface area contributed by atoms with Gasteiger partial charge in [-0.25, -0.2) is 9.59 Å². The Hall–Kier alpha value is -4.78. The highest BCUT2D eigenvalue weighted by molar-refractivity contribution is 5.92. The first-order valence-electron chi connectivity index (χ1n) is 18.9. The molecule has 1 heterocycles. The van der Waals surface area contributed by atoms with Crippen LogP contribution in [0.3, 0.4) is 0 Å². The molecule has 0 bridgehead atoms. The molecule has 0 saturated heterocycles. The topological polar surface area (TPSA) is 133 Å². The molecule has 0 aromatic heterocycles. The summed E-state index contributed by atoms with van der Waals surface area (Å²) in [6.07, 6.45) is 10.2. The number of hydrogen-bond acceptors (Lipinski definition) is 12. The zero-order chi connectivity index (χ0) is 38.1. The molecular weight excluding hydrogens is 692 g/mol.